The molecule has 0 aliphatic rings. The normalized spacial score (nSPS) is 10.7. The van der Waals surface area contributed by atoms with E-state index in [4.69, 9.17) is 4.74 Å². The van der Waals surface area contributed by atoms with E-state index in [-0.39, 0.29) is 36.4 Å². The smallest absolute Gasteiger partial charge is 0.243 e. The molecule has 0 atom stereocenters. The molecule has 0 unspecified atom stereocenters. The summed E-state index contributed by atoms with van der Waals surface area (Å²) in [6.45, 7) is 1.56. The fourth-order valence-electron chi connectivity index (χ4n) is 2.64. The van der Waals surface area contributed by atoms with Crippen LogP contribution in [0.3, 0.4) is 0 Å². The molecular formula is C22H31IN4O2. The number of carbonyl (C=O) groups is 1. The van der Waals surface area contributed by atoms with E-state index < -0.39 is 0 Å². The highest BCUT2D eigenvalue weighted by atomic mass is 127. The minimum atomic E-state index is -0.0254. The Morgan fingerprint density at radius 2 is 1.66 bits per heavy atom. The molecule has 0 aliphatic carbocycles. The minimum Gasteiger partial charge on any atom is -0.497 e. The molecule has 6 nitrogen and oxygen atoms in total. The third kappa shape index (κ3) is 8.72. The van der Waals surface area contributed by atoms with Gasteiger partial charge in [-0.3, -0.25) is 4.79 Å². The molecule has 0 saturated heterocycles. The van der Waals surface area contributed by atoms with Crippen LogP contribution >= 0.6 is 24.0 Å². The Kier molecular flexibility index (Phi) is 11.1. The summed E-state index contributed by atoms with van der Waals surface area (Å²) in [5.41, 5.74) is 2.40. The van der Waals surface area contributed by atoms with Crippen LogP contribution in [0.5, 0.6) is 5.75 Å². The van der Waals surface area contributed by atoms with Gasteiger partial charge in [-0.1, -0.05) is 42.5 Å². The second-order valence-corrected chi connectivity index (χ2v) is 6.79. The lowest BCUT2D eigenvalue weighted by Gasteiger charge is -2.23. The third-order valence-corrected chi connectivity index (χ3v) is 4.34. The van der Waals surface area contributed by atoms with Crippen LogP contribution in [0.2, 0.25) is 0 Å². The molecule has 2 aromatic carbocycles. The summed E-state index contributed by atoms with van der Waals surface area (Å²) in [7, 11) is 7.12. The molecule has 7 heteroatoms. The van der Waals surface area contributed by atoms with Crippen molar-refractivity contribution in [2.75, 3.05) is 41.3 Å². The summed E-state index contributed by atoms with van der Waals surface area (Å²) < 4.78 is 5.20. The van der Waals surface area contributed by atoms with Crippen LogP contribution in [-0.4, -0.2) is 63.0 Å². The van der Waals surface area contributed by atoms with Gasteiger partial charge in [0.2, 0.25) is 5.91 Å². The third-order valence-electron chi connectivity index (χ3n) is 4.34. The first-order valence-corrected chi connectivity index (χ1v) is 9.36. The number of nitrogens with zero attached hydrogens (tertiary/aromatic N) is 3. The standard InChI is InChI=1S/C22H30N4O2.HI/c1-25(2)21(27)16-24-22(26(3)17-19-8-6-5-7-9-19)23-15-14-18-10-12-20(28-4)13-11-18;/h5-13H,14-17H2,1-4H3,(H,23,24);1H. The molecule has 1 amide bonds. The molecular weight excluding hydrogens is 479 g/mol. The van der Waals surface area contributed by atoms with Gasteiger partial charge in [0.05, 0.1) is 7.11 Å². The molecule has 0 spiro atoms. The maximum absolute atomic E-state index is 11.9. The van der Waals surface area contributed by atoms with E-state index in [0.717, 1.165) is 18.7 Å². The van der Waals surface area contributed by atoms with Crippen molar-refractivity contribution in [3.8, 4) is 5.75 Å². The first kappa shape index (κ1) is 24.7. The van der Waals surface area contributed by atoms with Gasteiger partial charge in [0.25, 0.3) is 0 Å². The lowest BCUT2D eigenvalue weighted by Crippen LogP contribution is -2.40. The molecule has 2 rings (SSSR count). The largest absolute Gasteiger partial charge is 0.497 e. The van der Waals surface area contributed by atoms with Crippen molar-refractivity contribution in [1.82, 2.24) is 15.1 Å². The zero-order valence-electron chi connectivity index (χ0n) is 17.6. The number of methoxy groups -OCH3 is 1. The first-order valence-electron chi connectivity index (χ1n) is 9.36. The Bertz CT molecular complexity index is 764. The van der Waals surface area contributed by atoms with Crippen LogP contribution in [0.15, 0.2) is 59.6 Å². The molecule has 1 N–H and O–H groups in total. The molecule has 0 bridgehead atoms. The van der Waals surface area contributed by atoms with Gasteiger partial charge < -0.3 is 19.9 Å². The highest BCUT2D eigenvalue weighted by Crippen LogP contribution is 2.11. The first-order chi connectivity index (χ1) is 13.5. The average molecular weight is 510 g/mol. The van der Waals surface area contributed by atoms with Gasteiger partial charge in [-0.2, -0.15) is 0 Å². The van der Waals surface area contributed by atoms with Crippen molar-refractivity contribution in [1.29, 1.82) is 0 Å². The van der Waals surface area contributed by atoms with Crippen molar-refractivity contribution < 1.29 is 9.53 Å². The van der Waals surface area contributed by atoms with Crippen molar-refractivity contribution in [2.45, 2.75) is 13.0 Å². The van der Waals surface area contributed by atoms with E-state index in [1.807, 2.05) is 42.3 Å². The Morgan fingerprint density at radius 1 is 1.00 bits per heavy atom. The van der Waals surface area contributed by atoms with Gasteiger partial charge >= 0.3 is 0 Å². The lowest BCUT2D eigenvalue weighted by molar-refractivity contribution is -0.127. The number of nitrogens with one attached hydrogen (secondary N) is 1. The number of hydrogen-bond acceptors (Lipinski definition) is 3. The second kappa shape index (κ2) is 13.0. The summed E-state index contributed by atoms with van der Waals surface area (Å²) >= 11 is 0. The van der Waals surface area contributed by atoms with Crippen LogP contribution < -0.4 is 10.1 Å². The fraction of sp³-hybridized carbons (Fsp3) is 0.364. The van der Waals surface area contributed by atoms with Crippen molar-refractivity contribution >= 4 is 35.8 Å². The zero-order valence-corrected chi connectivity index (χ0v) is 19.9. The fourth-order valence-corrected chi connectivity index (χ4v) is 2.64. The van der Waals surface area contributed by atoms with E-state index in [1.165, 1.54) is 11.1 Å². The van der Waals surface area contributed by atoms with E-state index in [1.54, 1.807) is 26.1 Å². The molecule has 0 heterocycles. The maximum atomic E-state index is 11.9. The Labute approximate surface area is 191 Å². The Morgan fingerprint density at radius 3 is 2.24 bits per heavy atom. The number of likely N-dealkylation sites (N-methyl/N-ethyl adjacent to an activating group) is 1. The molecule has 158 valence electrons. The van der Waals surface area contributed by atoms with Crippen LogP contribution in [0.1, 0.15) is 11.1 Å². The van der Waals surface area contributed by atoms with E-state index in [0.29, 0.717) is 12.5 Å². The van der Waals surface area contributed by atoms with Crippen LogP contribution in [-0.2, 0) is 17.8 Å². The summed E-state index contributed by atoms with van der Waals surface area (Å²) in [6, 6.07) is 18.2. The maximum Gasteiger partial charge on any atom is 0.243 e. The number of ether oxygens (including phenoxy) is 1. The second-order valence-electron chi connectivity index (χ2n) is 6.79. The monoisotopic (exact) mass is 510 g/mol. The predicted octanol–water partition coefficient (Wildman–Crippen LogP) is 3.02. The van der Waals surface area contributed by atoms with Crippen molar-refractivity contribution in [2.24, 2.45) is 4.99 Å². The Balaban J connectivity index is 0.00000420. The lowest BCUT2D eigenvalue weighted by atomic mass is 10.1. The number of rotatable bonds is 8. The molecule has 0 aliphatic heterocycles. The molecule has 29 heavy (non-hydrogen) atoms. The van der Waals surface area contributed by atoms with Gasteiger partial charge in [0, 0.05) is 34.2 Å². The van der Waals surface area contributed by atoms with Crippen molar-refractivity contribution in [3.63, 3.8) is 0 Å². The van der Waals surface area contributed by atoms with Gasteiger partial charge in [-0.25, -0.2) is 4.99 Å². The summed E-state index contributed by atoms with van der Waals surface area (Å²) in [4.78, 5) is 20.0. The van der Waals surface area contributed by atoms with Gasteiger partial charge in [-0.05, 0) is 29.7 Å². The number of halogens is 1. The van der Waals surface area contributed by atoms with Crippen LogP contribution in [0.4, 0.5) is 0 Å². The SMILES string of the molecule is COc1ccc(CCNC(=NCC(=O)N(C)C)N(C)Cc2ccccc2)cc1.I. The number of aliphatic imine (C=N–C) groups is 1. The summed E-state index contributed by atoms with van der Waals surface area (Å²) in [6.07, 6.45) is 0.851. The van der Waals surface area contributed by atoms with Gasteiger partial charge in [0.15, 0.2) is 5.96 Å². The topological polar surface area (TPSA) is 57.2 Å². The Hall–Kier alpha value is -2.29. The van der Waals surface area contributed by atoms with E-state index >= 15 is 0 Å². The zero-order chi connectivity index (χ0) is 20.4. The number of carbonyl (C=O) groups excluding carboxylic acids is 1. The van der Waals surface area contributed by atoms with Crippen LogP contribution in [0.25, 0.3) is 0 Å². The van der Waals surface area contributed by atoms with Gasteiger partial charge in [0.1, 0.15) is 12.3 Å². The van der Waals surface area contributed by atoms with Crippen LogP contribution in [0, 0.1) is 0 Å². The highest BCUT2D eigenvalue weighted by molar-refractivity contribution is 14.0. The number of amides is 1. The molecule has 0 radical (unpaired) electrons. The van der Waals surface area contributed by atoms with Gasteiger partial charge in [-0.15, -0.1) is 24.0 Å². The average Bonchev–Trinajstić information content (AvgIpc) is 2.71. The predicted molar refractivity (Wildman–Crippen MR) is 129 cm³/mol. The summed E-state index contributed by atoms with van der Waals surface area (Å²) in [5.74, 6) is 1.54. The highest BCUT2D eigenvalue weighted by Gasteiger charge is 2.09. The van der Waals surface area contributed by atoms with Crippen molar-refractivity contribution in [3.05, 3.63) is 65.7 Å². The van der Waals surface area contributed by atoms with E-state index in [2.05, 4.69) is 34.6 Å². The number of guanidine groups is 1. The quantitative estimate of drug-likeness (QED) is 0.337. The molecule has 0 aromatic heterocycles. The molecule has 0 saturated carbocycles. The minimum absolute atomic E-state index is 0. The van der Waals surface area contributed by atoms with E-state index in [9.17, 15) is 4.79 Å². The summed E-state index contributed by atoms with van der Waals surface area (Å²) in [5, 5.41) is 3.39. The molecule has 0 fully saturated rings. The number of hydrogen-bond donors (Lipinski definition) is 1. The molecule has 2 aromatic rings. The number of benzene rings is 2.